The van der Waals surface area contributed by atoms with Crippen LogP contribution >= 0.6 is 0 Å². The molecule has 0 spiro atoms. The lowest BCUT2D eigenvalue weighted by Gasteiger charge is -2.16. The van der Waals surface area contributed by atoms with Crippen molar-refractivity contribution < 1.29 is 24.2 Å². The average molecular weight is 583 g/mol. The molecule has 6 rings (SSSR count). The summed E-state index contributed by atoms with van der Waals surface area (Å²) in [5.74, 6) is -0.226. The number of rotatable bonds is 8. The van der Waals surface area contributed by atoms with Gasteiger partial charge >= 0.3 is 17.6 Å². The molecule has 0 radical (unpaired) electrons. The fourth-order valence-electron chi connectivity index (χ4n) is 5.65. The molecule has 1 aliphatic rings. The molecule has 0 saturated carbocycles. The van der Waals surface area contributed by atoms with Gasteiger partial charge in [-0.1, -0.05) is 24.3 Å². The summed E-state index contributed by atoms with van der Waals surface area (Å²) in [4.78, 5) is 48.4. The fraction of sp³-hybridized carbons (Fsp3) is 0.258. The highest BCUT2D eigenvalue weighted by molar-refractivity contribution is 5.90. The third kappa shape index (κ3) is 5.06. The second-order valence-electron chi connectivity index (χ2n) is 10.4. The number of ether oxygens (including phenoxy) is 2. The molecule has 0 amide bonds. The van der Waals surface area contributed by atoms with E-state index in [0.717, 1.165) is 24.1 Å². The van der Waals surface area contributed by atoms with Gasteiger partial charge in [0.15, 0.2) is 5.65 Å². The van der Waals surface area contributed by atoms with Gasteiger partial charge in [0.25, 0.3) is 0 Å². The number of nitrogens with zero attached hydrogens (tertiary/aromatic N) is 6. The number of hydrogen-bond acceptors (Lipinski definition) is 8. The molecule has 0 aliphatic carbocycles. The molecular weight excluding hydrogens is 552 g/mol. The van der Waals surface area contributed by atoms with Crippen LogP contribution in [0.25, 0.3) is 28.0 Å². The van der Waals surface area contributed by atoms with E-state index in [1.165, 1.54) is 13.3 Å². The molecule has 12 heteroatoms. The van der Waals surface area contributed by atoms with Crippen molar-refractivity contribution in [1.82, 2.24) is 28.6 Å². The Balaban J connectivity index is 1.32. The second-order valence-corrected chi connectivity index (χ2v) is 10.4. The van der Waals surface area contributed by atoms with Gasteiger partial charge in [-0.25, -0.2) is 24.4 Å². The number of fused-ring (bicyclic) bond motifs is 1. The number of methoxy groups -OCH3 is 2. The first kappa shape index (κ1) is 27.9. The predicted molar refractivity (Wildman–Crippen MR) is 158 cm³/mol. The van der Waals surface area contributed by atoms with E-state index >= 15 is 0 Å². The molecule has 1 fully saturated rings. The summed E-state index contributed by atoms with van der Waals surface area (Å²) < 4.78 is 15.2. The van der Waals surface area contributed by atoms with Crippen molar-refractivity contribution in [3.05, 3.63) is 94.6 Å². The minimum atomic E-state index is -1.02. The maximum Gasteiger partial charge on any atom is 0.354 e. The van der Waals surface area contributed by atoms with Gasteiger partial charge in [-0.15, -0.1) is 0 Å². The third-order valence-corrected chi connectivity index (χ3v) is 7.97. The predicted octanol–water partition coefficient (Wildman–Crippen LogP) is 3.53. The summed E-state index contributed by atoms with van der Waals surface area (Å²) in [6.07, 6.45) is 3.70. The maximum atomic E-state index is 14.1. The van der Waals surface area contributed by atoms with Crippen LogP contribution in [0.5, 0.6) is 5.75 Å². The van der Waals surface area contributed by atoms with Crippen molar-refractivity contribution in [2.75, 3.05) is 27.3 Å². The quantitative estimate of drug-likeness (QED) is 0.273. The zero-order chi connectivity index (χ0) is 30.2. The van der Waals surface area contributed by atoms with E-state index in [0.29, 0.717) is 47.1 Å². The molecule has 220 valence electrons. The van der Waals surface area contributed by atoms with Crippen LogP contribution in [0.3, 0.4) is 0 Å². The largest absolute Gasteiger partial charge is 0.495 e. The molecular formula is C31H30N6O6. The Morgan fingerprint density at radius 1 is 1.00 bits per heavy atom. The highest BCUT2D eigenvalue weighted by Crippen LogP contribution is 2.29. The minimum absolute atomic E-state index is 0.132. The van der Waals surface area contributed by atoms with Crippen molar-refractivity contribution >= 4 is 23.1 Å². The second kappa shape index (κ2) is 11.2. The van der Waals surface area contributed by atoms with E-state index in [1.54, 1.807) is 46.2 Å². The van der Waals surface area contributed by atoms with Gasteiger partial charge in [-0.3, -0.25) is 14.0 Å². The summed E-state index contributed by atoms with van der Waals surface area (Å²) >= 11 is 0. The number of hydrogen-bond donors (Lipinski definition) is 1. The normalized spacial score (nSPS) is 15.2. The number of carbonyl (C=O) groups excluding carboxylic acids is 1. The number of imidazole rings is 2. The molecule has 4 heterocycles. The molecule has 1 aliphatic heterocycles. The van der Waals surface area contributed by atoms with E-state index in [9.17, 15) is 19.5 Å². The van der Waals surface area contributed by atoms with E-state index < -0.39 is 11.9 Å². The van der Waals surface area contributed by atoms with E-state index in [4.69, 9.17) is 9.47 Å². The van der Waals surface area contributed by atoms with E-state index in [2.05, 4.69) is 14.9 Å². The van der Waals surface area contributed by atoms with Gasteiger partial charge in [0.2, 0.25) is 0 Å². The molecule has 3 aromatic heterocycles. The number of likely N-dealkylation sites (tertiary alicyclic amines) is 1. The highest BCUT2D eigenvalue weighted by Gasteiger charge is 2.30. The zero-order valence-electron chi connectivity index (χ0n) is 23.9. The van der Waals surface area contributed by atoms with Gasteiger partial charge < -0.3 is 19.1 Å². The van der Waals surface area contributed by atoms with Crippen LogP contribution < -0.4 is 10.4 Å². The number of carboxylic acid groups (broad SMARTS) is 1. The van der Waals surface area contributed by atoms with Crippen molar-refractivity contribution in [2.24, 2.45) is 7.05 Å². The number of aromatic carboxylic acids is 1. The first-order valence-electron chi connectivity index (χ1n) is 13.7. The number of esters is 1. The summed E-state index contributed by atoms with van der Waals surface area (Å²) in [6, 6.07) is 16.5. The Morgan fingerprint density at radius 2 is 1.70 bits per heavy atom. The maximum absolute atomic E-state index is 14.1. The van der Waals surface area contributed by atoms with Crippen LogP contribution in [-0.2, 0) is 18.3 Å². The lowest BCUT2D eigenvalue weighted by molar-refractivity contribution is 0.0599. The minimum Gasteiger partial charge on any atom is -0.495 e. The molecule has 1 N–H and O–H groups in total. The van der Waals surface area contributed by atoms with Crippen molar-refractivity contribution in [3.63, 3.8) is 0 Å². The molecule has 0 unspecified atom stereocenters. The molecule has 1 saturated heterocycles. The van der Waals surface area contributed by atoms with Crippen molar-refractivity contribution in [3.8, 4) is 22.6 Å². The van der Waals surface area contributed by atoms with E-state index in [-0.39, 0.29) is 17.4 Å². The SMILES string of the molecule is COC(=O)c1ccc(-c2ccc(-n3c(=O)n([C@H]4CCN(Cc5ncc(C(=O)O)n5C)C4)c4ncc(OC)cc43)cc2)cc1. The average Bonchev–Trinajstić information content (AvgIpc) is 3.71. The molecule has 5 aromatic rings. The van der Waals surface area contributed by atoms with Crippen LogP contribution in [0.1, 0.15) is 39.1 Å². The highest BCUT2D eigenvalue weighted by atomic mass is 16.5. The lowest BCUT2D eigenvalue weighted by atomic mass is 10.0. The Labute approximate surface area is 246 Å². The van der Waals surface area contributed by atoms with Crippen LogP contribution in [0, 0.1) is 0 Å². The van der Waals surface area contributed by atoms with Crippen LogP contribution in [0.15, 0.2) is 71.8 Å². The number of carboxylic acids is 1. The number of aromatic nitrogens is 5. The van der Waals surface area contributed by atoms with Gasteiger partial charge in [0.1, 0.15) is 17.3 Å². The summed E-state index contributed by atoms with van der Waals surface area (Å²) in [6.45, 7) is 1.78. The number of benzene rings is 2. The molecule has 12 nitrogen and oxygen atoms in total. The molecule has 0 bridgehead atoms. The lowest BCUT2D eigenvalue weighted by Crippen LogP contribution is -2.29. The van der Waals surface area contributed by atoms with Crippen LogP contribution in [0.2, 0.25) is 0 Å². The monoisotopic (exact) mass is 582 g/mol. The molecule has 1 atom stereocenters. The zero-order valence-corrected chi connectivity index (χ0v) is 23.9. The third-order valence-electron chi connectivity index (χ3n) is 7.97. The van der Waals surface area contributed by atoms with Gasteiger partial charge in [-0.2, -0.15) is 0 Å². The Morgan fingerprint density at radius 3 is 2.33 bits per heavy atom. The van der Waals surface area contributed by atoms with Crippen LogP contribution in [0.4, 0.5) is 0 Å². The number of carbonyl (C=O) groups is 2. The smallest absolute Gasteiger partial charge is 0.354 e. The topological polar surface area (TPSA) is 134 Å². The standard InChI is InChI=1S/C31H30N6O6/c1-34-26(29(38)39)16-32-27(34)18-35-13-12-23(17-35)37-28-25(14-24(42-2)15-33-28)36(31(37)41)22-10-8-20(9-11-22)19-4-6-21(7-5-19)30(40)43-3/h4-11,14-16,23H,12-13,17-18H2,1-3H3,(H,38,39)/t23-/m0/s1. The Hall–Kier alpha value is -5.23. The number of pyridine rings is 1. The van der Waals surface area contributed by atoms with Crippen molar-refractivity contribution in [1.29, 1.82) is 0 Å². The first-order valence-corrected chi connectivity index (χ1v) is 13.7. The Kier molecular flexibility index (Phi) is 7.28. The van der Waals surface area contributed by atoms with Crippen molar-refractivity contribution in [2.45, 2.75) is 19.0 Å². The fourth-order valence-corrected chi connectivity index (χ4v) is 5.65. The van der Waals surface area contributed by atoms with E-state index in [1.807, 2.05) is 42.5 Å². The summed E-state index contributed by atoms with van der Waals surface area (Å²) in [5.41, 5.74) is 4.13. The van der Waals surface area contributed by atoms with Gasteiger partial charge in [0, 0.05) is 26.2 Å². The van der Waals surface area contributed by atoms with Gasteiger partial charge in [0.05, 0.1) is 56.0 Å². The Bertz CT molecular complexity index is 1890. The molecule has 43 heavy (non-hydrogen) atoms. The summed E-state index contributed by atoms with van der Waals surface area (Å²) in [5, 5.41) is 9.36. The van der Waals surface area contributed by atoms with Crippen LogP contribution in [-0.4, -0.2) is 72.9 Å². The first-order chi connectivity index (χ1) is 20.8. The van der Waals surface area contributed by atoms with Gasteiger partial charge in [-0.05, 0) is 41.8 Å². The summed E-state index contributed by atoms with van der Waals surface area (Å²) in [7, 11) is 4.60. The molecule has 2 aromatic carbocycles.